The van der Waals surface area contributed by atoms with Crippen LogP contribution >= 0.6 is 0 Å². The van der Waals surface area contributed by atoms with Crippen LogP contribution in [0.2, 0.25) is 0 Å². The highest BCUT2D eigenvalue weighted by Crippen LogP contribution is 2.25. The summed E-state index contributed by atoms with van der Waals surface area (Å²) in [5.74, 6) is 1.25. The number of rotatable bonds is 7. The molecule has 0 aliphatic heterocycles. The fourth-order valence-electron chi connectivity index (χ4n) is 2.30. The molecule has 0 aliphatic rings. The van der Waals surface area contributed by atoms with E-state index >= 15 is 0 Å². The highest BCUT2D eigenvalue weighted by atomic mass is 16.5. The van der Waals surface area contributed by atoms with Crippen molar-refractivity contribution >= 4 is 5.91 Å². The van der Waals surface area contributed by atoms with Crippen LogP contribution in [0.1, 0.15) is 42.9 Å². The van der Waals surface area contributed by atoms with E-state index < -0.39 is 5.54 Å². The van der Waals surface area contributed by atoms with Gasteiger partial charge in [-0.3, -0.25) is 4.79 Å². The number of amides is 1. The summed E-state index contributed by atoms with van der Waals surface area (Å²) in [7, 11) is 1.61. The van der Waals surface area contributed by atoms with Crippen LogP contribution in [0.4, 0.5) is 0 Å². The SMILES string of the molecule is COCCOc1ccccc1C(=O)N(Cc1nnc(C)o1)C(C)(C)C. The number of benzene rings is 1. The van der Waals surface area contributed by atoms with Crippen LogP contribution in [0.3, 0.4) is 0 Å². The molecule has 0 saturated carbocycles. The number of para-hydroxylation sites is 1. The van der Waals surface area contributed by atoms with Crippen molar-refractivity contribution in [1.29, 1.82) is 0 Å². The second kappa shape index (κ2) is 8.11. The first-order chi connectivity index (χ1) is 11.8. The number of aryl methyl sites for hydroxylation is 1. The van der Waals surface area contributed by atoms with Gasteiger partial charge in [0.2, 0.25) is 11.8 Å². The normalized spacial score (nSPS) is 11.4. The van der Waals surface area contributed by atoms with Crippen molar-refractivity contribution in [3.8, 4) is 5.75 Å². The van der Waals surface area contributed by atoms with E-state index in [9.17, 15) is 4.79 Å². The summed E-state index contributed by atoms with van der Waals surface area (Å²) in [6, 6.07) is 7.18. The Balaban J connectivity index is 2.27. The zero-order chi connectivity index (χ0) is 18.4. The van der Waals surface area contributed by atoms with Crippen LogP contribution in [0, 0.1) is 6.92 Å². The summed E-state index contributed by atoms with van der Waals surface area (Å²) in [6.07, 6.45) is 0. The third kappa shape index (κ3) is 5.03. The van der Waals surface area contributed by atoms with Crippen LogP contribution < -0.4 is 4.74 Å². The van der Waals surface area contributed by atoms with E-state index in [0.29, 0.717) is 36.3 Å². The van der Waals surface area contributed by atoms with Crippen molar-refractivity contribution in [3.05, 3.63) is 41.6 Å². The monoisotopic (exact) mass is 347 g/mol. The Morgan fingerprint density at radius 2 is 1.92 bits per heavy atom. The average molecular weight is 347 g/mol. The molecular formula is C18H25N3O4. The van der Waals surface area contributed by atoms with Gasteiger partial charge in [-0.1, -0.05) is 12.1 Å². The van der Waals surface area contributed by atoms with Gasteiger partial charge >= 0.3 is 0 Å². The Kier molecular flexibility index (Phi) is 6.14. The molecule has 0 unspecified atom stereocenters. The Hall–Kier alpha value is -2.41. The smallest absolute Gasteiger partial charge is 0.258 e. The second-order valence-electron chi connectivity index (χ2n) is 6.61. The topological polar surface area (TPSA) is 77.7 Å². The maximum Gasteiger partial charge on any atom is 0.258 e. The molecule has 2 rings (SSSR count). The van der Waals surface area contributed by atoms with Crippen LogP contribution in [0.15, 0.2) is 28.7 Å². The minimum absolute atomic E-state index is 0.156. The highest BCUT2D eigenvalue weighted by Gasteiger charge is 2.30. The van der Waals surface area contributed by atoms with E-state index in [1.165, 1.54) is 0 Å². The first kappa shape index (κ1) is 18.9. The lowest BCUT2D eigenvalue weighted by molar-refractivity contribution is 0.0525. The van der Waals surface area contributed by atoms with Crippen molar-refractivity contribution in [3.63, 3.8) is 0 Å². The number of hydrogen-bond donors (Lipinski definition) is 0. The van der Waals surface area contributed by atoms with E-state index in [4.69, 9.17) is 13.9 Å². The third-order valence-corrected chi connectivity index (χ3v) is 3.58. The van der Waals surface area contributed by atoms with Gasteiger partial charge in [0, 0.05) is 19.6 Å². The molecular weight excluding hydrogens is 322 g/mol. The second-order valence-corrected chi connectivity index (χ2v) is 6.61. The molecule has 0 aliphatic carbocycles. The van der Waals surface area contributed by atoms with Gasteiger partial charge in [-0.2, -0.15) is 0 Å². The summed E-state index contributed by atoms with van der Waals surface area (Å²) in [6.45, 7) is 8.66. The van der Waals surface area contributed by atoms with Crippen molar-refractivity contribution in [2.75, 3.05) is 20.3 Å². The lowest BCUT2D eigenvalue weighted by Gasteiger charge is -2.35. The Morgan fingerprint density at radius 3 is 2.52 bits per heavy atom. The maximum atomic E-state index is 13.2. The summed E-state index contributed by atoms with van der Waals surface area (Å²) in [5.41, 5.74) is 0.0591. The highest BCUT2D eigenvalue weighted by molar-refractivity contribution is 5.97. The van der Waals surface area contributed by atoms with Crippen LogP contribution in [0.25, 0.3) is 0 Å². The van der Waals surface area contributed by atoms with Crippen molar-refractivity contribution in [1.82, 2.24) is 15.1 Å². The molecule has 136 valence electrons. The first-order valence-corrected chi connectivity index (χ1v) is 8.14. The van der Waals surface area contributed by atoms with Gasteiger partial charge in [0.05, 0.1) is 18.7 Å². The predicted molar refractivity (Wildman–Crippen MR) is 92.5 cm³/mol. The van der Waals surface area contributed by atoms with Crippen LogP contribution in [-0.2, 0) is 11.3 Å². The molecule has 0 N–H and O–H groups in total. The van der Waals surface area contributed by atoms with Crippen molar-refractivity contribution in [2.24, 2.45) is 0 Å². The van der Waals surface area contributed by atoms with E-state index in [1.807, 2.05) is 32.9 Å². The molecule has 7 nitrogen and oxygen atoms in total. The van der Waals surface area contributed by atoms with Crippen molar-refractivity contribution < 1.29 is 18.7 Å². The zero-order valence-corrected chi connectivity index (χ0v) is 15.4. The van der Waals surface area contributed by atoms with Gasteiger partial charge in [0.1, 0.15) is 12.4 Å². The van der Waals surface area contributed by atoms with Crippen molar-refractivity contribution in [2.45, 2.75) is 39.8 Å². The number of carbonyl (C=O) groups excluding carboxylic acids is 1. The zero-order valence-electron chi connectivity index (χ0n) is 15.4. The van der Waals surface area contributed by atoms with E-state index in [2.05, 4.69) is 10.2 Å². The number of hydrogen-bond acceptors (Lipinski definition) is 6. The number of aromatic nitrogens is 2. The maximum absolute atomic E-state index is 13.2. The predicted octanol–water partition coefficient (Wildman–Crippen LogP) is 2.84. The number of carbonyl (C=O) groups is 1. The van der Waals surface area contributed by atoms with Gasteiger partial charge in [0.25, 0.3) is 5.91 Å². The third-order valence-electron chi connectivity index (χ3n) is 3.58. The molecule has 0 fully saturated rings. The molecule has 0 atom stereocenters. The molecule has 0 bridgehead atoms. The molecule has 25 heavy (non-hydrogen) atoms. The lowest BCUT2D eigenvalue weighted by Crippen LogP contribution is -2.45. The summed E-state index contributed by atoms with van der Waals surface area (Å²) >= 11 is 0. The molecule has 0 radical (unpaired) electrons. The molecule has 0 saturated heterocycles. The van der Waals surface area contributed by atoms with E-state index in [0.717, 1.165) is 0 Å². The van der Waals surface area contributed by atoms with Gasteiger partial charge in [-0.15, -0.1) is 10.2 Å². The number of nitrogens with zero attached hydrogens (tertiary/aromatic N) is 3. The quantitative estimate of drug-likeness (QED) is 0.717. The first-order valence-electron chi connectivity index (χ1n) is 8.14. The summed E-state index contributed by atoms with van der Waals surface area (Å²) in [4.78, 5) is 14.9. The molecule has 7 heteroatoms. The molecule has 0 spiro atoms. The fourth-order valence-corrected chi connectivity index (χ4v) is 2.30. The van der Waals surface area contributed by atoms with Gasteiger partial charge in [0.15, 0.2) is 0 Å². The number of methoxy groups -OCH3 is 1. The summed E-state index contributed by atoms with van der Waals surface area (Å²) < 4.78 is 16.1. The van der Waals surface area contributed by atoms with Gasteiger partial charge < -0.3 is 18.8 Å². The van der Waals surface area contributed by atoms with Crippen LogP contribution in [0.5, 0.6) is 5.75 Å². The molecule has 1 heterocycles. The summed E-state index contributed by atoms with van der Waals surface area (Å²) in [5, 5.41) is 7.83. The number of ether oxygens (including phenoxy) is 2. The molecule has 2 aromatic rings. The van der Waals surface area contributed by atoms with Gasteiger partial charge in [-0.05, 0) is 32.9 Å². The Morgan fingerprint density at radius 1 is 1.20 bits per heavy atom. The minimum Gasteiger partial charge on any atom is -0.490 e. The molecule has 1 amide bonds. The molecule has 1 aromatic heterocycles. The fraction of sp³-hybridized carbons (Fsp3) is 0.500. The van der Waals surface area contributed by atoms with Gasteiger partial charge in [-0.25, -0.2) is 0 Å². The van der Waals surface area contributed by atoms with Crippen LogP contribution in [-0.4, -0.2) is 46.9 Å². The average Bonchev–Trinajstić information content (AvgIpc) is 2.97. The van der Waals surface area contributed by atoms with E-state index in [1.54, 1.807) is 31.1 Å². The largest absolute Gasteiger partial charge is 0.490 e. The minimum atomic E-state index is -0.431. The Bertz CT molecular complexity index is 706. The standard InChI is InChI=1S/C18H25N3O4/c1-13-19-20-16(25-13)12-21(18(2,3)4)17(22)14-8-6-7-9-15(14)24-11-10-23-5/h6-9H,10-12H2,1-5H3. The molecule has 1 aromatic carbocycles. The Labute approximate surface area is 147 Å². The lowest BCUT2D eigenvalue weighted by atomic mass is 10.0. The van der Waals surface area contributed by atoms with E-state index in [-0.39, 0.29) is 12.5 Å².